The Morgan fingerprint density at radius 1 is 0.386 bits per heavy atom. The fourth-order valence-corrected chi connectivity index (χ4v) is 19.8. The highest BCUT2D eigenvalue weighted by Gasteiger charge is 2.66. The van der Waals surface area contributed by atoms with Crippen molar-refractivity contribution < 1.29 is 80.8 Å². The maximum absolute atomic E-state index is 17.1. The highest BCUT2D eigenvalue weighted by Crippen LogP contribution is 2.54. The van der Waals surface area contributed by atoms with E-state index in [0.29, 0.717) is 70.9 Å². The number of hydrogen-bond donors (Lipinski definition) is 2. The van der Waals surface area contributed by atoms with E-state index in [1.165, 1.54) is 154 Å². The predicted octanol–water partition coefficient (Wildman–Crippen LogP) is 29.2. The van der Waals surface area contributed by atoms with E-state index >= 15 is 18.9 Å². The standard InChI is InChI=1S/C107H187N2O17P/c1-7-13-19-25-31-37-40-46-52-58-70-82-100(113)119-94(79-63-55-49-43-34-28-22-16-10-4)87-98(111)109(99(112)88-95(80-64-56-50-44-35-29-23-17-11-5)120-101(114)83-71-59-53-47-41-38-32-26-20-14-8-2)107(91-108-85-73-74-86-108)105(104(97(90-110)122-106(107)117)126-127(118,124-92-75-66-61-67-76-92)125-93-77-68-62-69-78-93)123-103(116)89-96(81-65-57-51-45-36-30-24-18-12-6)121-102(115)84-72-60-54-48-42-39-33-27-21-15-9-3/h61-62,66-69,75-78,94-97,104-106,110,117H,7-60,63-65,70-74,79-91H2,1-6H3/t94-,95-,96-,97-,104-,105+,106-,107?/m1/s1. The molecule has 2 amide bonds. The number of phosphoric ester groups is 1. The summed E-state index contributed by atoms with van der Waals surface area (Å²) >= 11 is 0. The summed E-state index contributed by atoms with van der Waals surface area (Å²) in [6, 6.07) is 16.4. The molecule has 2 aliphatic rings. The molecule has 732 valence electrons. The van der Waals surface area contributed by atoms with Crippen LogP contribution in [0.25, 0.3) is 0 Å². The molecule has 0 aliphatic carbocycles. The van der Waals surface area contributed by atoms with Crippen molar-refractivity contribution in [2.24, 2.45) is 0 Å². The molecule has 2 heterocycles. The number of rotatable bonds is 86. The Bertz CT molecular complexity index is 2920. The van der Waals surface area contributed by atoms with Gasteiger partial charge in [0.25, 0.3) is 0 Å². The molecule has 1 unspecified atom stereocenters. The van der Waals surface area contributed by atoms with Crippen LogP contribution in [-0.2, 0) is 61.5 Å². The molecule has 2 aromatic carbocycles. The van der Waals surface area contributed by atoms with Gasteiger partial charge in [-0.2, -0.15) is 0 Å². The van der Waals surface area contributed by atoms with Crippen LogP contribution in [0.3, 0.4) is 0 Å². The topological polar surface area (TPSA) is 240 Å². The van der Waals surface area contributed by atoms with E-state index in [1.807, 2.05) is 4.90 Å². The quantitative estimate of drug-likeness (QED) is 0.0271. The number of likely N-dealkylation sites (tertiary alicyclic amines) is 1. The van der Waals surface area contributed by atoms with Crippen molar-refractivity contribution in [3.63, 3.8) is 0 Å². The Labute approximate surface area is 774 Å². The molecule has 2 aliphatic heterocycles. The second-order valence-corrected chi connectivity index (χ2v) is 39.2. The van der Waals surface area contributed by atoms with Crippen molar-refractivity contribution in [1.29, 1.82) is 0 Å². The van der Waals surface area contributed by atoms with Crippen LogP contribution in [0.4, 0.5) is 0 Å². The lowest BCUT2D eigenvalue weighted by Gasteiger charge is -2.56. The number of aliphatic hydroxyl groups is 2. The van der Waals surface area contributed by atoms with Crippen LogP contribution in [0.1, 0.15) is 497 Å². The number of carbonyl (C=O) groups excluding carboxylic acids is 6. The van der Waals surface area contributed by atoms with E-state index in [0.717, 1.165) is 198 Å². The molecule has 20 heteroatoms. The number of carbonyl (C=O) groups is 6. The number of imide groups is 1. The molecule has 0 bridgehead atoms. The van der Waals surface area contributed by atoms with Crippen molar-refractivity contribution in [2.75, 3.05) is 26.2 Å². The van der Waals surface area contributed by atoms with Gasteiger partial charge in [-0.25, -0.2) is 4.57 Å². The van der Waals surface area contributed by atoms with Gasteiger partial charge in [0.05, 0.1) is 25.9 Å². The Morgan fingerprint density at radius 3 is 0.937 bits per heavy atom. The number of phosphoric acid groups is 1. The minimum absolute atomic E-state index is 0.0457. The Morgan fingerprint density at radius 2 is 0.654 bits per heavy atom. The van der Waals surface area contributed by atoms with E-state index in [2.05, 4.69) is 41.5 Å². The summed E-state index contributed by atoms with van der Waals surface area (Å²) < 4.78 is 69.3. The van der Waals surface area contributed by atoms with Crippen LogP contribution >= 0.6 is 7.82 Å². The maximum Gasteiger partial charge on any atom is 0.588 e. The third-order valence-corrected chi connectivity index (χ3v) is 27.4. The van der Waals surface area contributed by atoms with Gasteiger partial charge in [-0.05, 0) is 108 Å². The zero-order chi connectivity index (χ0) is 91.6. The lowest BCUT2D eigenvalue weighted by molar-refractivity contribution is -0.305. The normalized spacial score (nSPS) is 17.3. The van der Waals surface area contributed by atoms with Gasteiger partial charge in [-0.15, -0.1) is 0 Å². The van der Waals surface area contributed by atoms with Gasteiger partial charge in [0, 0.05) is 25.8 Å². The number of hydrogen-bond acceptors (Lipinski definition) is 18. The molecule has 2 N–H and O–H groups in total. The monoisotopic (exact) mass is 1800 g/mol. The van der Waals surface area contributed by atoms with Crippen molar-refractivity contribution in [3.05, 3.63) is 60.7 Å². The van der Waals surface area contributed by atoms with Crippen LogP contribution in [0, 0.1) is 0 Å². The maximum atomic E-state index is 17.1. The first-order chi connectivity index (χ1) is 62.1. The molecule has 0 radical (unpaired) electrons. The summed E-state index contributed by atoms with van der Waals surface area (Å²) in [5.74, 6) is -4.10. The van der Waals surface area contributed by atoms with Gasteiger partial charge in [0.1, 0.15) is 42.0 Å². The van der Waals surface area contributed by atoms with E-state index in [-0.39, 0.29) is 43.6 Å². The van der Waals surface area contributed by atoms with Gasteiger partial charge in [0.2, 0.25) is 11.8 Å². The third-order valence-electron chi connectivity index (χ3n) is 26.0. The molecule has 0 spiro atoms. The van der Waals surface area contributed by atoms with E-state index < -0.39 is 124 Å². The van der Waals surface area contributed by atoms with Crippen LogP contribution < -0.4 is 9.05 Å². The highest BCUT2D eigenvalue weighted by molar-refractivity contribution is 7.49. The van der Waals surface area contributed by atoms with Crippen LogP contribution in [0.5, 0.6) is 11.5 Å². The first-order valence-electron chi connectivity index (χ1n) is 53.2. The zero-order valence-electron chi connectivity index (χ0n) is 81.7. The largest absolute Gasteiger partial charge is 0.588 e. The van der Waals surface area contributed by atoms with Crippen molar-refractivity contribution >= 4 is 43.5 Å². The second kappa shape index (κ2) is 76.5. The number of benzene rings is 2. The average Bonchev–Trinajstić information content (AvgIpc) is 1.24. The first kappa shape index (κ1) is 114. The summed E-state index contributed by atoms with van der Waals surface area (Å²) in [5.41, 5.74) is -2.60. The van der Waals surface area contributed by atoms with E-state index in [1.54, 1.807) is 60.7 Å². The molecule has 0 saturated carbocycles. The first-order valence-corrected chi connectivity index (χ1v) is 54.6. The smallest absolute Gasteiger partial charge is 0.462 e. The molecule has 0 aromatic heterocycles. The van der Waals surface area contributed by atoms with Crippen LogP contribution in [0.2, 0.25) is 0 Å². The number of nitrogens with zero attached hydrogens (tertiary/aromatic N) is 2. The van der Waals surface area contributed by atoms with Crippen LogP contribution in [-0.4, -0.2) is 130 Å². The van der Waals surface area contributed by atoms with Crippen molar-refractivity contribution in [2.45, 2.75) is 546 Å². The fraction of sp³-hybridized carbons (Fsp3) is 0.832. The van der Waals surface area contributed by atoms with E-state index in [4.69, 9.17) is 37.3 Å². The molecule has 2 aromatic rings. The molecule has 127 heavy (non-hydrogen) atoms. The fourth-order valence-electron chi connectivity index (χ4n) is 18.4. The molecule has 2 fully saturated rings. The number of aliphatic hydroxyl groups excluding tert-OH is 2. The van der Waals surface area contributed by atoms with Gasteiger partial charge < -0.3 is 47.8 Å². The summed E-state index contributed by atoms with van der Waals surface area (Å²) in [7, 11) is -5.19. The lowest BCUT2D eigenvalue weighted by Crippen LogP contribution is -2.79. The second-order valence-electron chi connectivity index (χ2n) is 37.7. The Hall–Kier alpha value is -4.91. The van der Waals surface area contributed by atoms with Gasteiger partial charge in [-0.3, -0.25) is 38.2 Å². The van der Waals surface area contributed by atoms with Gasteiger partial charge in [-0.1, -0.05) is 425 Å². The Kier molecular flexibility index (Phi) is 68.9. The average molecular weight is 1800 g/mol. The predicted molar refractivity (Wildman–Crippen MR) is 517 cm³/mol. The number of amides is 2. The molecule has 8 atom stereocenters. The minimum Gasteiger partial charge on any atom is -0.462 e. The Balaban J connectivity index is 2.01. The SMILES string of the molecule is CCCCCCCCCCCCCC(=O)O[C@H](CCCCCCCCCCC)CC(=O)O[C@H]1[C@H](OP(=O)(Oc2ccccc2)Oc2ccccc2)[C@@H](CO)O[C@@H](O)C1(CN1CCCC1)N(C(=O)C[C@@H](CCCCCCCCCCC)OC(=O)CCCCCCCCCCCCC)C(=O)C[C@@H](CCCCCCCCCCC)OC(=O)CCCCCCCCCCCCC. The lowest BCUT2D eigenvalue weighted by atomic mass is 9.79. The molecule has 19 nitrogen and oxygen atoms in total. The van der Waals surface area contributed by atoms with Crippen molar-refractivity contribution in [3.8, 4) is 11.5 Å². The van der Waals surface area contributed by atoms with Crippen molar-refractivity contribution in [1.82, 2.24) is 9.80 Å². The summed E-state index contributed by atoms with van der Waals surface area (Å²) in [6.07, 6.45) is 53.0. The number of para-hydroxylation sites is 2. The van der Waals surface area contributed by atoms with Gasteiger partial charge in [0.15, 0.2) is 17.9 Å². The molecular weight excluding hydrogens is 1620 g/mol. The van der Waals surface area contributed by atoms with Gasteiger partial charge >= 0.3 is 31.7 Å². The molecule has 4 rings (SSSR count). The van der Waals surface area contributed by atoms with E-state index in [9.17, 15) is 24.6 Å². The number of esters is 4. The molecular formula is C107H187N2O17P. The number of ether oxygens (including phenoxy) is 5. The zero-order valence-corrected chi connectivity index (χ0v) is 82.6. The minimum atomic E-state index is -5.19. The highest BCUT2D eigenvalue weighted by atomic mass is 31.2. The summed E-state index contributed by atoms with van der Waals surface area (Å²) in [5, 5.41) is 25.8. The summed E-state index contributed by atoms with van der Waals surface area (Å²) in [6.45, 7) is 12.7. The molecule has 2 saturated heterocycles. The third kappa shape index (κ3) is 54.1. The van der Waals surface area contributed by atoms with Crippen LogP contribution in [0.15, 0.2) is 60.7 Å². The summed E-state index contributed by atoms with van der Waals surface area (Å²) in [4.78, 5) is 96.9. The number of unbranched alkanes of at least 4 members (excludes halogenated alkanes) is 54.